The Morgan fingerprint density at radius 2 is 1.94 bits per heavy atom. The van der Waals surface area contributed by atoms with Gasteiger partial charge < -0.3 is 5.11 Å². The Labute approximate surface area is 108 Å². The van der Waals surface area contributed by atoms with Crippen LogP contribution in [0.15, 0.2) is 5.38 Å². The molecule has 0 aromatic carbocycles. The number of hydrogen-bond acceptors (Lipinski definition) is 3. The lowest BCUT2D eigenvalue weighted by atomic mass is 9.85. The summed E-state index contributed by atoms with van der Waals surface area (Å²) in [5.74, 6) is 0. The van der Waals surface area contributed by atoms with Crippen LogP contribution in [0.5, 0.6) is 0 Å². The van der Waals surface area contributed by atoms with E-state index in [-0.39, 0.29) is 10.8 Å². The molecule has 96 valence electrons. The predicted octanol–water partition coefficient (Wildman–Crippen LogP) is 3.53. The Hall–Kier alpha value is -0.410. The Balaban J connectivity index is 2.12. The van der Waals surface area contributed by atoms with Crippen LogP contribution in [-0.4, -0.2) is 15.7 Å². The minimum atomic E-state index is -0.611. The number of hydrogen-bond donors (Lipinski definition) is 1. The van der Waals surface area contributed by atoms with Crippen molar-refractivity contribution < 1.29 is 5.11 Å². The van der Waals surface area contributed by atoms with Gasteiger partial charge in [0.2, 0.25) is 0 Å². The van der Waals surface area contributed by atoms with E-state index in [0.29, 0.717) is 6.42 Å². The zero-order valence-corrected chi connectivity index (χ0v) is 12.3. The van der Waals surface area contributed by atoms with Crippen molar-refractivity contribution in [3.8, 4) is 0 Å². The lowest BCUT2D eigenvalue weighted by molar-refractivity contribution is -0.00709. The molecule has 1 fully saturated rings. The smallest absolute Gasteiger partial charge is 0.0957 e. The lowest BCUT2D eigenvalue weighted by Gasteiger charge is -2.29. The quantitative estimate of drug-likeness (QED) is 0.894. The fourth-order valence-corrected chi connectivity index (χ4v) is 3.14. The topological polar surface area (TPSA) is 33.1 Å². The highest BCUT2D eigenvalue weighted by atomic mass is 32.1. The van der Waals surface area contributed by atoms with Gasteiger partial charge >= 0.3 is 0 Å². The molecule has 1 saturated carbocycles. The van der Waals surface area contributed by atoms with Gasteiger partial charge in [-0.15, -0.1) is 11.3 Å². The van der Waals surface area contributed by atoms with Gasteiger partial charge in [-0.3, -0.25) is 0 Å². The van der Waals surface area contributed by atoms with Gasteiger partial charge in [-0.25, -0.2) is 4.98 Å². The molecule has 1 atom stereocenters. The summed E-state index contributed by atoms with van der Waals surface area (Å²) < 4.78 is 0. The largest absolute Gasteiger partial charge is 0.389 e. The molecule has 0 spiro atoms. The van der Waals surface area contributed by atoms with E-state index in [9.17, 15) is 5.11 Å². The summed E-state index contributed by atoms with van der Waals surface area (Å²) in [5, 5.41) is 13.7. The van der Waals surface area contributed by atoms with Gasteiger partial charge in [0, 0.05) is 17.2 Å². The van der Waals surface area contributed by atoms with Crippen molar-refractivity contribution >= 4 is 11.3 Å². The zero-order valence-electron chi connectivity index (χ0n) is 11.5. The van der Waals surface area contributed by atoms with Crippen molar-refractivity contribution in [3.63, 3.8) is 0 Å². The van der Waals surface area contributed by atoms with Crippen molar-refractivity contribution in [3.05, 3.63) is 16.1 Å². The van der Waals surface area contributed by atoms with E-state index in [1.54, 1.807) is 11.3 Å². The van der Waals surface area contributed by atoms with E-state index in [2.05, 4.69) is 38.1 Å². The molecule has 0 bridgehead atoms. The zero-order chi connectivity index (χ0) is 12.9. The third-order valence-electron chi connectivity index (χ3n) is 4.12. The Morgan fingerprint density at radius 3 is 2.35 bits per heavy atom. The molecule has 0 radical (unpaired) electrons. The summed E-state index contributed by atoms with van der Waals surface area (Å²) in [5.41, 5.74) is 0.735. The molecule has 1 aliphatic carbocycles. The van der Waals surface area contributed by atoms with E-state index in [1.165, 1.54) is 0 Å². The first-order valence-electron chi connectivity index (χ1n) is 6.31. The Bertz CT molecular complexity index is 410. The van der Waals surface area contributed by atoms with Crippen LogP contribution in [0, 0.1) is 5.41 Å². The minimum Gasteiger partial charge on any atom is -0.389 e. The average molecular weight is 253 g/mol. The molecule has 2 rings (SSSR count). The van der Waals surface area contributed by atoms with Crippen molar-refractivity contribution in [1.29, 1.82) is 0 Å². The molecule has 1 aromatic rings. The molecular weight excluding hydrogens is 230 g/mol. The number of thiazole rings is 1. The summed E-state index contributed by atoms with van der Waals surface area (Å²) in [6.45, 7) is 10.6. The molecule has 0 aliphatic heterocycles. The highest BCUT2D eigenvalue weighted by molar-refractivity contribution is 7.09. The lowest BCUT2D eigenvalue weighted by Crippen LogP contribution is -2.36. The SMILES string of the molecule is CC(C)(C)c1csc(CC(C)(O)C2(C)CC2)n1. The van der Waals surface area contributed by atoms with Crippen molar-refractivity contribution in [2.24, 2.45) is 5.41 Å². The molecule has 1 aromatic heterocycles. The first kappa shape index (κ1) is 13.0. The number of aromatic nitrogens is 1. The number of rotatable bonds is 3. The maximum absolute atomic E-state index is 10.5. The maximum atomic E-state index is 10.5. The van der Waals surface area contributed by atoms with Crippen LogP contribution < -0.4 is 0 Å². The summed E-state index contributed by atoms with van der Waals surface area (Å²) in [4.78, 5) is 4.67. The van der Waals surface area contributed by atoms with E-state index >= 15 is 0 Å². The van der Waals surface area contributed by atoms with Crippen LogP contribution in [0.1, 0.15) is 58.2 Å². The average Bonchev–Trinajstić information content (AvgIpc) is 2.75. The highest BCUT2D eigenvalue weighted by Gasteiger charge is 2.52. The summed E-state index contributed by atoms with van der Waals surface area (Å²) in [6, 6.07) is 0. The van der Waals surface area contributed by atoms with Gasteiger partial charge in [0.25, 0.3) is 0 Å². The standard InChI is InChI=1S/C14H23NOS/c1-12(2,3)10-9-17-11(15-10)8-14(5,16)13(4)6-7-13/h9,16H,6-8H2,1-5H3. The second-order valence-corrected chi connectivity index (χ2v) is 7.83. The molecule has 0 saturated heterocycles. The van der Waals surface area contributed by atoms with Gasteiger partial charge in [0.15, 0.2) is 0 Å². The van der Waals surface area contributed by atoms with E-state index in [0.717, 1.165) is 23.5 Å². The number of nitrogens with zero attached hydrogens (tertiary/aromatic N) is 1. The molecule has 2 nitrogen and oxygen atoms in total. The van der Waals surface area contributed by atoms with Crippen molar-refractivity contribution in [2.75, 3.05) is 0 Å². The maximum Gasteiger partial charge on any atom is 0.0957 e. The second-order valence-electron chi connectivity index (χ2n) is 6.89. The van der Waals surface area contributed by atoms with Gasteiger partial charge in [-0.1, -0.05) is 27.7 Å². The Morgan fingerprint density at radius 1 is 1.35 bits per heavy atom. The fourth-order valence-electron chi connectivity index (χ4n) is 1.97. The molecule has 17 heavy (non-hydrogen) atoms. The Kier molecular flexibility index (Phi) is 2.91. The van der Waals surface area contributed by atoms with Crippen molar-refractivity contribution in [2.45, 2.75) is 64.9 Å². The van der Waals surface area contributed by atoms with Crippen LogP contribution in [0.3, 0.4) is 0 Å². The summed E-state index contributed by atoms with van der Waals surface area (Å²) in [6.07, 6.45) is 2.96. The van der Waals surface area contributed by atoms with E-state index in [4.69, 9.17) is 0 Å². The first-order valence-corrected chi connectivity index (χ1v) is 7.19. The molecule has 3 heteroatoms. The monoisotopic (exact) mass is 253 g/mol. The summed E-state index contributed by atoms with van der Waals surface area (Å²) in [7, 11) is 0. The van der Waals surface area contributed by atoms with Crippen LogP contribution >= 0.6 is 11.3 Å². The first-order chi connectivity index (χ1) is 7.64. The third kappa shape index (κ3) is 2.55. The predicted molar refractivity (Wildman–Crippen MR) is 72.5 cm³/mol. The molecule has 1 N–H and O–H groups in total. The molecular formula is C14H23NOS. The van der Waals surface area contributed by atoms with Crippen LogP contribution in [-0.2, 0) is 11.8 Å². The normalized spacial score (nSPS) is 22.2. The van der Waals surface area contributed by atoms with E-state index in [1.807, 2.05) is 6.92 Å². The molecule has 1 aliphatic rings. The second kappa shape index (κ2) is 3.79. The highest BCUT2D eigenvalue weighted by Crippen LogP contribution is 2.54. The molecule has 0 amide bonds. The van der Waals surface area contributed by atoms with Crippen LogP contribution in [0.2, 0.25) is 0 Å². The van der Waals surface area contributed by atoms with Crippen LogP contribution in [0.25, 0.3) is 0 Å². The van der Waals surface area contributed by atoms with Gasteiger partial charge in [-0.05, 0) is 25.2 Å². The minimum absolute atomic E-state index is 0.101. The number of aliphatic hydroxyl groups is 1. The van der Waals surface area contributed by atoms with Gasteiger partial charge in [-0.2, -0.15) is 0 Å². The molecule has 1 heterocycles. The van der Waals surface area contributed by atoms with Gasteiger partial charge in [0.05, 0.1) is 16.3 Å². The summed E-state index contributed by atoms with van der Waals surface area (Å²) >= 11 is 1.68. The van der Waals surface area contributed by atoms with Crippen LogP contribution in [0.4, 0.5) is 0 Å². The third-order valence-corrected chi connectivity index (χ3v) is 4.96. The van der Waals surface area contributed by atoms with Gasteiger partial charge in [0.1, 0.15) is 0 Å². The van der Waals surface area contributed by atoms with E-state index < -0.39 is 5.60 Å². The van der Waals surface area contributed by atoms with Crippen molar-refractivity contribution in [1.82, 2.24) is 4.98 Å². The molecule has 1 unspecified atom stereocenters. The fraction of sp³-hybridized carbons (Fsp3) is 0.786.